The molecule has 2 heterocycles. The van der Waals surface area contributed by atoms with Crippen LogP contribution in [0.2, 0.25) is 0 Å². The van der Waals surface area contributed by atoms with Gasteiger partial charge in [0.15, 0.2) is 0 Å². The average molecular weight is 219 g/mol. The van der Waals surface area contributed by atoms with Gasteiger partial charge in [-0.25, -0.2) is 0 Å². The fourth-order valence-electron chi connectivity index (χ4n) is 1.85. The number of nitrogens with zero attached hydrogens (tertiary/aromatic N) is 2. The van der Waals surface area contributed by atoms with Gasteiger partial charge in [0, 0.05) is 30.5 Å². The van der Waals surface area contributed by atoms with Crippen LogP contribution in [-0.4, -0.2) is 23.3 Å². The van der Waals surface area contributed by atoms with Gasteiger partial charge < -0.3 is 10.6 Å². The highest BCUT2D eigenvalue weighted by Crippen LogP contribution is 2.24. The molecule has 0 spiro atoms. The molecule has 0 saturated carbocycles. The summed E-state index contributed by atoms with van der Waals surface area (Å²) >= 11 is 0. The van der Waals surface area contributed by atoms with E-state index in [9.17, 15) is 9.59 Å². The van der Waals surface area contributed by atoms with Crippen molar-refractivity contribution >= 4 is 17.5 Å². The molecular formula is C11H13N3O2. The molecule has 1 atom stereocenters. The molecule has 1 fully saturated rings. The minimum atomic E-state index is -0.415. The van der Waals surface area contributed by atoms with Crippen molar-refractivity contribution in [1.82, 2.24) is 4.98 Å². The molecule has 2 amide bonds. The number of carbonyl (C=O) groups excluding carboxylic acids is 2. The van der Waals surface area contributed by atoms with Gasteiger partial charge in [-0.1, -0.05) is 0 Å². The number of primary amides is 1. The van der Waals surface area contributed by atoms with E-state index in [1.54, 1.807) is 17.2 Å². The molecule has 0 aliphatic carbocycles. The van der Waals surface area contributed by atoms with E-state index in [2.05, 4.69) is 4.98 Å². The zero-order valence-electron chi connectivity index (χ0n) is 9.01. The van der Waals surface area contributed by atoms with Crippen LogP contribution in [-0.2, 0) is 9.59 Å². The molecule has 1 saturated heterocycles. The third kappa shape index (κ3) is 1.88. The van der Waals surface area contributed by atoms with E-state index in [1.807, 2.05) is 13.0 Å². The highest BCUT2D eigenvalue weighted by molar-refractivity contribution is 6.00. The summed E-state index contributed by atoms with van der Waals surface area (Å²) < 4.78 is 0. The van der Waals surface area contributed by atoms with E-state index in [1.165, 1.54) is 0 Å². The van der Waals surface area contributed by atoms with Crippen LogP contribution in [0.15, 0.2) is 18.3 Å². The molecule has 1 aromatic heterocycles. The predicted octanol–water partition coefficient (Wildman–Crippen LogP) is 0.228. The maximum Gasteiger partial charge on any atom is 0.227 e. The summed E-state index contributed by atoms with van der Waals surface area (Å²) in [6, 6.07) is 3.58. The van der Waals surface area contributed by atoms with Crippen LogP contribution in [0.3, 0.4) is 0 Å². The first-order valence-corrected chi connectivity index (χ1v) is 5.10. The van der Waals surface area contributed by atoms with Crippen LogP contribution < -0.4 is 10.6 Å². The fourth-order valence-corrected chi connectivity index (χ4v) is 1.85. The summed E-state index contributed by atoms with van der Waals surface area (Å²) in [4.78, 5) is 28.4. The lowest BCUT2D eigenvalue weighted by molar-refractivity contribution is -0.123. The molecule has 1 unspecified atom stereocenters. The first-order valence-electron chi connectivity index (χ1n) is 5.10. The Morgan fingerprint density at radius 1 is 1.62 bits per heavy atom. The van der Waals surface area contributed by atoms with Gasteiger partial charge in [0.25, 0.3) is 0 Å². The van der Waals surface area contributed by atoms with Gasteiger partial charge in [-0.05, 0) is 19.1 Å². The van der Waals surface area contributed by atoms with E-state index in [0.29, 0.717) is 6.54 Å². The van der Waals surface area contributed by atoms with Gasteiger partial charge in [0.05, 0.1) is 5.92 Å². The second-order valence-corrected chi connectivity index (χ2v) is 3.96. The summed E-state index contributed by atoms with van der Waals surface area (Å²) in [6.45, 7) is 2.23. The van der Waals surface area contributed by atoms with E-state index in [4.69, 9.17) is 5.73 Å². The number of amides is 2. The number of hydrogen-bond donors (Lipinski definition) is 1. The Hall–Kier alpha value is -1.91. The Labute approximate surface area is 93.3 Å². The molecule has 5 nitrogen and oxygen atoms in total. The van der Waals surface area contributed by atoms with Gasteiger partial charge in [-0.15, -0.1) is 0 Å². The zero-order chi connectivity index (χ0) is 11.7. The molecule has 2 N–H and O–H groups in total. The van der Waals surface area contributed by atoms with Crippen molar-refractivity contribution in [2.75, 3.05) is 11.4 Å². The van der Waals surface area contributed by atoms with E-state index < -0.39 is 5.91 Å². The van der Waals surface area contributed by atoms with E-state index in [-0.39, 0.29) is 18.2 Å². The maximum absolute atomic E-state index is 11.7. The van der Waals surface area contributed by atoms with Crippen LogP contribution in [0, 0.1) is 12.8 Å². The van der Waals surface area contributed by atoms with Crippen molar-refractivity contribution in [2.24, 2.45) is 11.7 Å². The smallest absolute Gasteiger partial charge is 0.227 e. The highest BCUT2D eigenvalue weighted by atomic mass is 16.2. The second kappa shape index (κ2) is 3.92. The third-order valence-electron chi connectivity index (χ3n) is 2.72. The lowest BCUT2D eigenvalue weighted by Crippen LogP contribution is -2.28. The number of hydrogen-bond acceptors (Lipinski definition) is 3. The lowest BCUT2D eigenvalue weighted by Gasteiger charge is -2.16. The molecule has 0 radical (unpaired) electrons. The molecular weight excluding hydrogens is 206 g/mol. The predicted molar refractivity (Wildman–Crippen MR) is 58.6 cm³/mol. The Kier molecular flexibility index (Phi) is 2.60. The number of anilines is 1. The van der Waals surface area contributed by atoms with Crippen molar-refractivity contribution < 1.29 is 9.59 Å². The second-order valence-electron chi connectivity index (χ2n) is 3.96. The van der Waals surface area contributed by atoms with Crippen molar-refractivity contribution in [3.05, 3.63) is 24.0 Å². The molecule has 0 bridgehead atoms. The minimum absolute atomic E-state index is 0.0607. The summed E-state index contributed by atoms with van der Waals surface area (Å²) in [6.07, 6.45) is 1.85. The number of carbonyl (C=O) groups is 2. The highest BCUT2D eigenvalue weighted by Gasteiger charge is 2.33. The summed E-state index contributed by atoms with van der Waals surface area (Å²) in [5.74, 6) is -0.850. The van der Waals surface area contributed by atoms with Crippen molar-refractivity contribution in [2.45, 2.75) is 13.3 Å². The molecule has 0 aromatic carbocycles. The molecule has 1 aromatic rings. The van der Waals surface area contributed by atoms with Crippen molar-refractivity contribution in [3.8, 4) is 0 Å². The molecule has 1 aliphatic rings. The van der Waals surface area contributed by atoms with Gasteiger partial charge in [0.2, 0.25) is 11.8 Å². The van der Waals surface area contributed by atoms with E-state index in [0.717, 1.165) is 11.4 Å². The van der Waals surface area contributed by atoms with E-state index >= 15 is 0 Å². The summed E-state index contributed by atoms with van der Waals surface area (Å²) in [5, 5.41) is 0. The van der Waals surface area contributed by atoms with Crippen LogP contribution in [0.4, 0.5) is 5.69 Å². The number of aryl methyl sites for hydroxylation is 1. The van der Waals surface area contributed by atoms with Crippen LogP contribution in [0.1, 0.15) is 12.1 Å². The molecule has 84 valence electrons. The molecule has 5 heteroatoms. The largest absolute Gasteiger partial charge is 0.369 e. The summed E-state index contributed by atoms with van der Waals surface area (Å²) in [5.41, 5.74) is 6.82. The van der Waals surface area contributed by atoms with Crippen LogP contribution in [0.25, 0.3) is 0 Å². The van der Waals surface area contributed by atoms with Gasteiger partial charge in [-0.3, -0.25) is 14.6 Å². The first-order chi connectivity index (χ1) is 7.58. The van der Waals surface area contributed by atoms with Crippen LogP contribution >= 0.6 is 0 Å². The molecule has 1 aliphatic heterocycles. The van der Waals surface area contributed by atoms with Gasteiger partial charge >= 0.3 is 0 Å². The number of aromatic nitrogens is 1. The Balaban J connectivity index is 2.23. The minimum Gasteiger partial charge on any atom is -0.369 e. The fraction of sp³-hybridized carbons (Fsp3) is 0.364. The Morgan fingerprint density at radius 3 is 2.94 bits per heavy atom. The monoisotopic (exact) mass is 219 g/mol. The average Bonchev–Trinajstić information content (AvgIpc) is 2.60. The van der Waals surface area contributed by atoms with Gasteiger partial charge in [0.1, 0.15) is 0 Å². The molecule has 16 heavy (non-hydrogen) atoms. The number of nitrogens with two attached hydrogens (primary N) is 1. The van der Waals surface area contributed by atoms with Gasteiger partial charge in [-0.2, -0.15) is 0 Å². The SMILES string of the molecule is Cc1cc(N2CC(C(N)=O)CC2=O)ccn1. The van der Waals surface area contributed by atoms with Crippen molar-refractivity contribution in [1.29, 1.82) is 0 Å². The Bertz CT molecular complexity index is 445. The first kappa shape index (κ1) is 10.6. The number of rotatable bonds is 2. The number of pyridine rings is 1. The quantitative estimate of drug-likeness (QED) is 0.773. The third-order valence-corrected chi connectivity index (χ3v) is 2.72. The maximum atomic E-state index is 11.7. The lowest BCUT2D eigenvalue weighted by atomic mass is 10.1. The zero-order valence-corrected chi connectivity index (χ0v) is 9.01. The topological polar surface area (TPSA) is 76.3 Å². The normalized spacial score (nSPS) is 20.2. The van der Waals surface area contributed by atoms with Crippen LogP contribution in [0.5, 0.6) is 0 Å². The Morgan fingerprint density at radius 2 is 2.38 bits per heavy atom. The summed E-state index contributed by atoms with van der Waals surface area (Å²) in [7, 11) is 0. The molecule has 2 rings (SSSR count). The standard InChI is InChI=1S/C11H13N3O2/c1-7-4-9(2-3-13-7)14-6-8(11(12)16)5-10(14)15/h2-4,8H,5-6H2,1H3,(H2,12,16). The van der Waals surface area contributed by atoms with Crippen molar-refractivity contribution in [3.63, 3.8) is 0 Å².